The lowest BCUT2D eigenvalue weighted by Crippen LogP contribution is -2.33. The molecule has 1 heterocycles. The Labute approximate surface area is 138 Å². The summed E-state index contributed by atoms with van der Waals surface area (Å²) in [6, 6.07) is 10.3. The number of amides is 1. The van der Waals surface area contributed by atoms with Gasteiger partial charge in [-0.25, -0.2) is 0 Å². The summed E-state index contributed by atoms with van der Waals surface area (Å²) >= 11 is 0. The summed E-state index contributed by atoms with van der Waals surface area (Å²) in [5.74, 6) is -0.0230. The van der Waals surface area contributed by atoms with Crippen molar-refractivity contribution in [1.82, 2.24) is 9.78 Å². The molecule has 5 heteroatoms. The molecule has 0 aliphatic rings. The number of likely N-dealkylation sites (N-methyl/N-ethyl adjacent to an activating group) is 1. The number of para-hydroxylation sites is 1. The van der Waals surface area contributed by atoms with Gasteiger partial charge in [0.25, 0.3) is 0 Å². The zero-order chi connectivity index (χ0) is 17.0. The van der Waals surface area contributed by atoms with Crippen LogP contribution < -0.4 is 10.2 Å². The van der Waals surface area contributed by atoms with Crippen molar-refractivity contribution in [2.45, 2.75) is 40.7 Å². The Kier molecular flexibility index (Phi) is 5.42. The van der Waals surface area contributed by atoms with E-state index < -0.39 is 0 Å². The van der Waals surface area contributed by atoms with Crippen molar-refractivity contribution in [2.75, 3.05) is 23.3 Å². The molecule has 0 radical (unpaired) electrons. The standard InChI is InChI=1S/C18H26N4O/c1-6-21(16-10-8-7-9-11-16)12-17(23)19-18-14(4)20-22(13(2)3)15(18)5/h7-11,13H,6,12H2,1-5H3,(H,19,23). The molecule has 0 fully saturated rings. The van der Waals surface area contributed by atoms with Crippen LogP contribution >= 0.6 is 0 Å². The first-order chi connectivity index (χ1) is 10.9. The van der Waals surface area contributed by atoms with Gasteiger partial charge in [0.05, 0.1) is 23.6 Å². The largest absolute Gasteiger partial charge is 0.362 e. The van der Waals surface area contributed by atoms with Crippen molar-refractivity contribution in [1.29, 1.82) is 0 Å². The van der Waals surface area contributed by atoms with E-state index in [-0.39, 0.29) is 11.9 Å². The Morgan fingerprint density at radius 2 is 1.91 bits per heavy atom. The van der Waals surface area contributed by atoms with Gasteiger partial charge >= 0.3 is 0 Å². The van der Waals surface area contributed by atoms with Crippen LogP contribution in [0, 0.1) is 13.8 Å². The van der Waals surface area contributed by atoms with Crippen molar-refractivity contribution in [3.05, 3.63) is 41.7 Å². The van der Waals surface area contributed by atoms with Crippen molar-refractivity contribution in [3.63, 3.8) is 0 Å². The SMILES string of the molecule is CCN(CC(=O)Nc1c(C)nn(C(C)C)c1C)c1ccccc1. The van der Waals surface area contributed by atoms with E-state index in [1.54, 1.807) is 0 Å². The minimum Gasteiger partial charge on any atom is -0.362 e. The molecule has 1 aromatic heterocycles. The number of rotatable bonds is 6. The predicted molar refractivity (Wildman–Crippen MR) is 95.0 cm³/mol. The molecule has 124 valence electrons. The van der Waals surface area contributed by atoms with Crippen molar-refractivity contribution in [2.24, 2.45) is 0 Å². The van der Waals surface area contributed by atoms with Crippen molar-refractivity contribution in [3.8, 4) is 0 Å². The van der Waals surface area contributed by atoms with Gasteiger partial charge in [-0.3, -0.25) is 9.48 Å². The topological polar surface area (TPSA) is 50.2 Å². The highest BCUT2D eigenvalue weighted by molar-refractivity contribution is 5.95. The fourth-order valence-corrected chi connectivity index (χ4v) is 2.72. The zero-order valence-corrected chi connectivity index (χ0v) is 14.6. The summed E-state index contributed by atoms with van der Waals surface area (Å²) in [4.78, 5) is 14.5. The number of nitrogens with zero attached hydrogens (tertiary/aromatic N) is 3. The van der Waals surface area contributed by atoms with Gasteiger partial charge in [-0.05, 0) is 46.8 Å². The van der Waals surface area contributed by atoms with Gasteiger partial charge < -0.3 is 10.2 Å². The molecule has 23 heavy (non-hydrogen) atoms. The van der Waals surface area contributed by atoms with E-state index in [0.717, 1.165) is 29.3 Å². The molecule has 0 aliphatic carbocycles. The molecule has 1 aromatic carbocycles. The maximum atomic E-state index is 12.4. The van der Waals surface area contributed by atoms with Crippen LogP contribution in [-0.2, 0) is 4.79 Å². The predicted octanol–water partition coefficient (Wildman–Crippen LogP) is 3.55. The van der Waals surface area contributed by atoms with E-state index in [1.165, 1.54) is 0 Å². The van der Waals surface area contributed by atoms with E-state index in [1.807, 2.05) is 60.7 Å². The van der Waals surface area contributed by atoms with Gasteiger partial charge in [-0.1, -0.05) is 18.2 Å². The summed E-state index contributed by atoms with van der Waals surface area (Å²) in [7, 11) is 0. The molecule has 0 saturated heterocycles. The first-order valence-electron chi connectivity index (χ1n) is 8.09. The molecule has 2 rings (SSSR count). The molecular formula is C18H26N4O. The second-order valence-corrected chi connectivity index (χ2v) is 5.98. The van der Waals surface area contributed by atoms with Gasteiger partial charge in [0.2, 0.25) is 5.91 Å². The first-order valence-corrected chi connectivity index (χ1v) is 8.09. The number of aryl methyl sites for hydroxylation is 1. The molecule has 1 N–H and O–H groups in total. The van der Waals surface area contributed by atoms with Crippen molar-refractivity contribution < 1.29 is 4.79 Å². The highest BCUT2D eigenvalue weighted by Crippen LogP contribution is 2.22. The maximum absolute atomic E-state index is 12.4. The van der Waals surface area contributed by atoms with Crippen LogP contribution in [0.4, 0.5) is 11.4 Å². The van der Waals surface area contributed by atoms with E-state index in [0.29, 0.717) is 6.54 Å². The number of nitrogens with one attached hydrogen (secondary N) is 1. The Morgan fingerprint density at radius 3 is 2.43 bits per heavy atom. The summed E-state index contributed by atoms with van der Waals surface area (Å²) in [6.45, 7) is 11.2. The average Bonchev–Trinajstić information content (AvgIpc) is 2.81. The third-order valence-corrected chi connectivity index (χ3v) is 3.92. The monoisotopic (exact) mass is 314 g/mol. The third kappa shape index (κ3) is 3.92. The first kappa shape index (κ1) is 17.1. The van der Waals surface area contributed by atoms with Gasteiger partial charge in [-0.2, -0.15) is 5.10 Å². The van der Waals surface area contributed by atoms with Gasteiger partial charge in [-0.15, -0.1) is 0 Å². The summed E-state index contributed by atoms with van der Waals surface area (Å²) in [6.07, 6.45) is 0. The molecule has 0 spiro atoms. The Morgan fingerprint density at radius 1 is 1.26 bits per heavy atom. The fraction of sp³-hybridized carbons (Fsp3) is 0.444. The number of benzene rings is 1. The van der Waals surface area contributed by atoms with Crippen LogP contribution in [0.15, 0.2) is 30.3 Å². The summed E-state index contributed by atoms with van der Waals surface area (Å²) in [5, 5.41) is 7.53. The van der Waals surface area contributed by atoms with E-state index in [2.05, 4.69) is 24.3 Å². The van der Waals surface area contributed by atoms with E-state index in [4.69, 9.17) is 0 Å². The fourth-order valence-electron chi connectivity index (χ4n) is 2.72. The number of carbonyl (C=O) groups excluding carboxylic acids is 1. The zero-order valence-electron chi connectivity index (χ0n) is 14.6. The molecule has 0 saturated carbocycles. The number of hydrogen-bond donors (Lipinski definition) is 1. The van der Waals surface area contributed by atoms with Gasteiger partial charge in [0, 0.05) is 18.3 Å². The Bertz CT molecular complexity index is 661. The highest BCUT2D eigenvalue weighted by Gasteiger charge is 2.17. The van der Waals surface area contributed by atoms with Crippen LogP contribution in [0.1, 0.15) is 38.2 Å². The van der Waals surface area contributed by atoms with Crippen LogP contribution in [0.2, 0.25) is 0 Å². The molecular weight excluding hydrogens is 288 g/mol. The smallest absolute Gasteiger partial charge is 0.243 e. The van der Waals surface area contributed by atoms with Gasteiger partial charge in [0.15, 0.2) is 0 Å². The molecule has 2 aromatic rings. The third-order valence-electron chi connectivity index (χ3n) is 3.92. The lowest BCUT2D eigenvalue weighted by Gasteiger charge is -2.22. The average molecular weight is 314 g/mol. The number of carbonyl (C=O) groups is 1. The molecule has 0 atom stereocenters. The highest BCUT2D eigenvalue weighted by atomic mass is 16.2. The summed E-state index contributed by atoms with van der Waals surface area (Å²) < 4.78 is 1.94. The summed E-state index contributed by atoms with van der Waals surface area (Å²) in [5.41, 5.74) is 3.73. The number of anilines is 2. The van der Waals surface area contributed by atoms with Gasteiger partial charge in [0.1, 0.15) is 0 Å². The molecule has 5 nitrogen and oxygen atoms in total. The lowest BCUT2D eigenvalue weighted by atomic mass is 10.2. The quantitative estimate of drug-likeness (QED) is 0.887. The Balaban J connectivity index is 2.10. The van der Waals surface area contributed by atoms with E-state index in [9.17, 15) is 4.79 Å². The van der Waals surface area contributed by atoms with E-state index >= 15 is 0 Å². The number of aromatic nitrogens is 2. The van der Waals surface area contributed by atoms with Crippen molar-refractivity contribution >= 4 is 17.3 Å². The molecule has 1 amide bonds. The van der Waals surface area contributed by atoms with Crippen LogP contribution in [-0.4, -0.2) is 28.8 Å². The molecule has 0 aliphatic heterocycles. The van der Waals surface area contributed by atoms with Crippen LogP contribution in [0.5, 0.6) is 0 Å². The number of hydrogen-bond acceptors (Lipinski definition) is 3. The second-order valence-electron chi connectivity index (χ2n) is 5.98. The van der Waals surface area contributed by atoms with Crippen LogP contribution in [0.25, 0.3) is 0 Å². The lowest BCUT2D eigenvalue weighted by molar-refractivity contribution is -0.115. The maximum Gasteiger partial charge on any atom is 0.243 e. The second kappa shape index (κ2) is 7.31. The molecule has 0 bridgehead atoms. The normalized spacial score (nSPS) is 10.9. The van der Waals surface area contributed by atoms with Crippen LogP contribution in [0.3, 0.4) is 0 Å². The minimum absolute atomic E-state index is 0.0230. The molecule has 0 unspecified atom stereocenters. The minimum atomic E-state index is -0.0230. The Hall–Kier alpha value is -2.30.